The van der Waals surface area contributed by atoms with E-state index < -0.39 is 5.91 Å². The molecule has 0 spiro atoms. The van der Waals surface area contributed by atoms with Crippen LogP contribution in [0.4, 0.5) is 5.82 Å². The minimum absolute atomic E-state index is 0.0362. The van der Waals surface area contributed by atoms with Crippen LogP contribution < -0.4 is 11.2 Å². The maximum atomic E-state index is 12.4. The van der Waals surface area contributed by atoms with Crippen molar-refractivity contribution in [3.63, 3.8) is 0 Å². The van der Waals surface area contributed by atoms with Gasteiger partial charge in [0.2, 0.25) is 11.6 Å². The van der Waals surface area contributed by atoms with E-state index in [4.69, 9.17) is 5.73 Å². The summed E-state index contributed by atoms with van der Waals surface area (Å²) >= 11 is 0. The Bertz CT molecular complexity index is 942. The maximum Gasteiger partial charge on any atom is 0.293 e. The molecule has 0 aliphatic rings. The van der Waals surface area contributed by atoms with E-state index in [-0.39, 0.29) is 29.0 Å². The van der Waals surface area contributed by atoms with Gasteiger partial charge in [0.05, 0.1) is 11.9 Å². The first kappa shape index (κ1) is 17.1. The minimum Gasteiger partial charge on any atom is -0.508 e. The van der Waals surface area contributed by atoms with Crippen molar-refractivity contribution in [1.29, 1.82) is 0 Å². The fraction of sp³-hybridized carbons (Fsp3) is 0.200. The number of aromatic nitrogens is 5. The third-order valence-corrected chi connectivity index (χ3v) is 3.44. The van der Waals surface area contributed by atoms with Crippen molar-refractivity contribution < 1.29 is 14.5 Å². The molecule has 1 amide bonds. The molecule has 4 N–H and O–H groups in total. The number of hydrazone groups is 1. The molecule has 0 unspecified atom stereocenters. The second-order valence-electron chi connectivity index (χ2n) is 5.65. The molecule has 26 heavy (non-hydrogen) atoms. The molecule has 0 saturated heterocycles. The first-order valence-electron chi connectivity index (χ1n) is 7.63. The smallest absolute Gasteiger partial charge is 0.293 e. The lowest BCUT2D eigenvalue weighted by Crippen LogP contribution is -2.21. The van der Waals surface area contributed by atoms with Crippen molar-refractivity contribution in [3.8, 4) is 11.6 Å². The fourth-order valence-corrected chi connectivity index (χ4v) is 2.24. The largest absolute Gasteiger partial charge is 0.508 e. The van der Waals surface area contributed by atoms with Crippen molar-refractivity contribution in [3.05, 3.63) is 41.2 Å². The molecule has 0 fully saturated rings. The maximum absolute atomic E-state index is 12.4. The minimum atomic E-state index is -0.537. The van der Waals surface area contributed by atoms with Gasteiger partial charge in [0, 0.05) is 0 Å². The van der Waals surface area contributed by atoms with E-state index in [9.17, 15) is 9.90 Å². The summed E-state index contributed by atoms with van der Waals surface area (Å²) in [6.07, 6.45) is 1.44. The molecule has 0 radical (unpaired) electrons. The summed E-state index contributed by atoms with van der Waals surface area (Å²) in [5.74, 6) is -0.305. The van der Waals surface area contributed by atoms with E-state index >= 15 is 0 Å². The van der Waals surface area contributed by atoms with Gasteiger partial charge in [-0.05, 0) is 46.1 Å². The number of hydrogen-bond donors (Lipinski definition) is 3. The van der Waals surface area contributed by atoms with Crippen molar-refractivity contribution >= 4 is 17.9 Å². The Balaban J connectivity index is 1.82. The molecule has 11 heteroatoms. The molecule has 3 aromatic rings. The average molecular weight is 356 g/mol. The normalized spacial score (nSPS) is 11.3. The molecule has 11 nitrogen and oxygen atoms in total. The average Bonchev–Trinajstić information content (AvgIpc) is 3.22. The molecule has 0 bridgehead atoms. The molecule has 2 aromatic heterocycles. The van der Waals surface area contributed by atoms with Gasteiger partial charge in [-0.25, -0.2) is 10.1 Å². The number of nitrogens with zero attached hydrogens (tertiary/aromatic N) is 6. The number of phenolic OH excluding ortho intramolecular Hbond substituents is 1. The Labute approximate surface area is 147 Å². The van der Waals surface area contributed by atoms with E-state index in [1.54, 1.807) is 12.1 Å². The number of benzene rings is 1. The van der Waals surface area contributed by atoms with Crippen molar-refractivity contribution in [2.24, 2.45) is 5.10 Å². The number of aromatic hydroxyl groups is 1. The van der Waals surface area contributed by atoms with Crippen LogP contribution in [0.1, 0.15) is 41.5 Å². The Morgan fingerprint density at radius 2 is 2.08 bits per heavy atom. The fourth-order valence-electron chi connectivity index (χ4n) is 2.24. The van der Waals surface area contributed by atoms with Crippen LogP contribution in [0.2, 0.25) is 0 Å². The number of nitrogens with two attached hydrogens (primary N) is 1. The Hall–Kier alpha value is -3.76. The highest BCUT2D eigenvalue weighted by molar-refractivity contribution is 5.94. The van der Waals surface area contributed by atoms with Gasteiger partial charge in [0.15, 0.2) is 5.69 Å². The predicted molar refractivity (Wildman–Crippen MR) is 90.9 cm³/mol. The third kappa shape index (κ3) is 3.36. The van der Waals surface area contributed by atoms with Crippen LogP contribution >= 0.6 is 0 Å². The summed E-state index contributed by atoms with van der Waals surface area (Å²) < 4.78 is 5.89. The lowest BCUT2D eigenvalue weighted by atomic mass is 10.1. The number of rotatable bonds is 5. The van der Waals surface area contributed by atoms with Gasteiger partial charge >= 0.3 is 0 Å². The van der Waals surface area contributed by atoms with Crippen molar-refractivity contribution in [1.82, 2.24) is 30.7 Å². The standard InChI is InChI=1S/C15H16N8O3/c1-8(2)12-11(18-22-23(12)14-13(16)20-26-21-14)15(25)19-17-7-9-3-5-10(24)6-4-9/h3-8,24H,1-2H3,(H2,16,20)(H,19,25)/b17-7-. The van der Waals surface area contributed by atoms with Crippen molar-refractivity contribution in [2.75, 3.05) is 5.73 Å². The number of carbonyl (C=O) groups is 1. The van der Waals surface area contributed by atoms with E-state index in [1.807, 2.05) is 13.8 Å². The van der Waals surface area contributed by atoms with E-state index in [2.05, 4.69) is 35.8 Å². The quantitative estimate of drug-likeness (QED) is 0.448. The van der Waals surface area contributed by atoms with Crippen LogP contribution in [-0.4, -0.2) is 42.5 Å². The number of nitrogens with one attached hydrogen (secondary N) is 1. The number of carbonyl (C=O) groups excluding carboxylic acids is 1. The second-order valence-corrected chi connectivity index (χ2v) is 5.65. The topological polar surface area (TPSA) is 157 Å². The highest BCUT2D eigenvalue weighted by atomic mass is 16.6. The lowest BCUT2D eigenvalue weighted by molar-refractivity contribution is 0.0948. The van der Waals surface area contributed by atoms with E-state index in [1.165, 1.54) is 23.0 Å². The summed E-state index contributed by atoms with van der Waals surface area (Å²) in [5, 5.41) is 28.1. The summed E-state index contributed by atoms with van der Waals surface area (Å²) in [4.78, 5) is 12.4. The number of anilines is 1. The molecule has 0 saturated carbocycles. The Kier molecular flexibility index (Phi) is 4.60. The van der Waals surface area contributed by atoms with Gasteiger partial charge < -0.3 is 10.8 Å². The molecule has 1 aromatic carbocycles. The van der Waals surface area contributed by atoms with E-state index in [0.717, 1.165) is 0 Å². The van der Waals surface area contributed by atoms with Crippen molar-refractivity contribution in [2.45, 2.75) is 19.8 Å². The van der Waals surface area contributed by atoms with Gasteiger partial charge in [-0.2, -0.15) is 9.78 Å². The molecule has 0 atom stereocenters. The monoisotopic (exact) mass is 356 g/mol. The number of nitrogen functional groups attached to an aromatic ring is 1. The summed E-state index contributed by atoms with van der Waals surface area (Å²) in [6, 6.07) is 6.34. The van der Waals surface area contributed by atoms with Crippen LogP contribution in [-0.2, 0) is 0 Å². The molecule has 0 aliphatic heterocycles. The van der Waals surface area contributed by atoms with Gasteiger partial charge in [-0.3, -0.25) is 4.79 Å². The second kappa shape index (κ2) is 7.01. The van der Waals surface area contributed by atoms with Crippen LogP contribution in [0.15, 0.2) is 34.0 Å². The number of hydrogen-bond acceptors (Lipinski definition) is 9. The molecule has 3 rings (SSSR count). The highest BCUT2D eigenvalue weighted by Crippen LogP contribution is 2.22. The van der Waals surface area contributed by atoms with E-state index in [0.29, 0.717) is 11.3 Å². The lowest BCUT2D eigenvalue weighted by Gasteiger charge is -2.08. The number of amides is 1. The predicted octanol–water partition coefficient (Wildman–Crippen LogP) is 0.825. The van der Waals surface area contributed by atoms with Crippen LogP contribution in [0.3, 0.4) is 0 Å². The van der Waals surface area contributed by atoms with Gasteiger partial charge in [-0.1, -0.05) is 19.1 Å². The first-order chi connectivity index (χ1) is 12.5. The zero-order valence-electron chi connectivity index (χ0n) is 14.0. The SMILES string of the molecule is CC(C)c1c(C(=O)N/N=C\c2ccc(O)cc2)nnn1-c1nonc1N. The Morgan fingerprint density at radius 3 is 2.69 bits per heavy atom. The third-order valence-electron chi connectivity index (χ3n) is 3.44. The zero-order chi connectivity index (χ0) is 18.7. The Morgan fingerprint density at radius 1 is 1.35 bits per heavy atom. The molecule has 134 valence electrons. The number of phenols is 1. The van der Waals surface area contributed by atoms with Gasteiger partial charge in [0.1, 0.15) is 5.75 Å². The molecule has 2 heterocycles. The molecular weight excluding hydrogens is 340 g/mol. The zero-order valence-corrected chi connectivity index (χ0v) is 14.0. The van der Waals surface area contributed by atoms with Gasteiger partial charge in [0.25, 0.3) is 5.91 Å². The van der Waals surface area contributed by atoms with Crippen LogP contribution in [0.5, 0.6) is 5.75 Å². The van der Waals surface area contributed by atoms with Crippen LogP contribution in [0, 0.1) is 0 Å². The molecular formula is C15H16N8O3. The summed E-state index contributed by atoms with van der Waals surface area (Å²) in [7, 11) is 0. The molecule has 0 aliphatic carbocycles. The van der Waals surface area contributed by atoms with Crippen LogP contribution in [0.25, 0.3) is 5.82 Å². The van der Waals surface area contributed by atoms with Gasteiger partial charge in [-0.15, -0.1) is 5.10 Å². The first-order valence-corrected chi connectivity index (χ1v) is 7.63. The summed E-state index contributed by atoms with van der Waals surface area (Å²) in [5.41, 5.74) is 9.36. The highest BCUT2D eigenvalue weighted by Gasteiger charge is 2.25. The summed E-state index contributed by atoms with van der Waals surface area (Å²) in [6.45, 7) is 3.74.